The number of carbonyl (C=O) groups excluding carboxylic acids is 1. The fourth-order valence-electron chi connectivity index (χ4n) is 2.55. The van der Waals surface area contributed by atoms with Crippen molar-refractivity contribution in [1.29, 1.82) is 0 Å². The average molecular weight is 424 g/mol. The Morgan fingerprint density at radius 3 is 2.38 bits per heavy atom. The van der Waals surface area contributed by atoms with E-state index in [4.69, 9.17) is 9.15 Å². The molecule has 1 heterocycles. The third kappa shape index (κ3) is 6.56. The highest BCUT2D eigenvalue weighted by atomic mass is 32.2. The monoisotopic (exact) mass is 423 g/mol. The number of rotatable bonds is 7. The number of aromatic nitrogens is 2. The van der Waals surface area contributed by atoms with Crippen LogP contribution < -0.4 is 5.32 Å². The zero-order chi connectivity index (χ0) is 21.8. The quantitative estimate of drug-likeness (QED) is 0.717. The summed E-state index contributed by atoms with van der Waals surface area (Å²) in [6.07, 6.45) is 0.0685. The zero-order valence-corrected chi connectivity index (χ0v) is 18.5. The SMILES string of the molecule is CCC(C)[C@H](NC(=O)OC(C)(C)C)c1nnc(S(=O)(=O)Cc2ccc(C)cc2)o1. The van der Waals surface area contributed by atoms with Gasteiger partial charge >= 0.3 is 11.3 Å². The van der Waals surface area contributed by atoms with Crippen molar-refractivity contribution in [2.75, 3.05) is 0 Å². The van der Waals surface area contributed by atoms with E-state index in [1.807, 2.05) is 32.9 Å². The van der Waals surface area contributed by atoms with Gasteiger partial charge in [0.1, 0.15) is 11.6 Å². The molecule has 9 heteroatoms. The van der Waals surface area contributed by atoms with Gasteiger partial charge in [-0.3, -0.25) is 0 Å². The fraction of sp³-hybridized carbons (Fsp3) is 0.550. The molecule has 2 atom stereocenters. The summed E-state index contributed by atoms with van der Waals surface area (Å²) in [5.74, 6) is -0.286. The normalized spacial score (nSPS) is 14.3. The standard InChI is InChI=1S/C20H29N3O5S/c1-7-14(3)16(21-18(24)28-20(4,5)6)17-22-23-19(27-17)29(25,26)12-15-10-8-13(2)9-11-15/h8-11,14,16H,7,12H2,1-6H3,(H,21,24)/t14?,16-/m0/s1. The number of hydrogen-bond acceptors (Lipinski definition) is 7. The number of nitrogens with one attached hydrogen (secondary N) is 1. The van der Waals surface area contributed by atoms with E-state index in [1.165, 1.54) is 0 Å². The van der Waals surface area contributed by atoms with Gasteiger partial charge in [0.2, 0.25) is 15.7 Å². The van der Waals surface area contributed by atoms with Gasteiger partial charge in [-0.05, 0) is 39.2 Å². The van der Waals surface area contributed by atoms with E-state index >= 15 is 0 Å². The van der Waals surface area contributed by atoms with Gasteiger partial charge in [-0.25, -0.2) is 13.2 Å². The van der Waals surface area contributed by atoms with Crippen molar-refractivity contribution < 1.29 is 22.4 Å². The first-order chi connectivity index (χ1) is 13.4. The van der Waals surface area contributed by atoms with Crippen LogP contribution in [0, 0.1) is 12.8 Å². The Hall–Kier alpha value is -2.42. The molecule has 1 amide bonds. The molecule has 1 unspecified atom stereocenters. The van der Waals surface area contributed by atoms with Gasteiger partial charge in [0.25, 0.3) is 0 Å². The van der Waals surface area contributed by atoms with Crippen molar-refractivity contribution in [3.8, 4) is 0 Å². The molecule has 0 aliphatic rings. The van der Waals surface area contributed by atoms with Crippen LogP contribution >= 0.6 is 0 Å². The molecule has 1 aromatic carbocycles. The minimum atomic E-state index is -3.81. The van der Waals surface area contributed by atoms with Crippen LogP contribution in [0.1, 0.15) is 64.1 Å². The molecular formula is C20H29N3O5S. The summed E-state index contributed by atoms with van der Waals surface area (Å²) in [5.41, 5.74) is 0.998. The second kappa shape index (κ2) is 8.94. The number of sulfone groups is 1. The third-order valence-corrected chi connectivity index (χ3v) is 5.73. The number of nitrogens with zero attached hydrogens (tertiary/aromatic N) is 2. The van der Waals surface area contributed by atoms with E-state index in [1.54, 1.807) is 32.9 Å². The predicted molar refractivity (Wildman–Crippen MR) is 108 cm³/mol. The number of benzene rings is 1. The lowest BCUT2D eigenvalue weighted by atomic mass is 9.99. The average Bonchev–Trinajstić information content (AvgIpc) is 3.10. The number of aryl methyl sites for hydroxylation is 1. The third-order valence-electron chi connectivity index (χ3n) is 4.32. The second-order valence-electron chi connectivity index (χ2n) is 8.16. The Morgan fingerprint density at radius 1 is 1.21 bits per heavy atom. The Bertz CT molecular complexity index is 930. The molecule has 8 nitrogen and oxygen atoms in total. The van der Waals surface area contributed by atoms with Crippen LogP contribution in [0.5, 0.6) is 0 Å². The lowest BCUT2D eigenvalue weighted by Gasteiger charge is -2.24. The predicted octanol–water partition coefficient (Wildman–Crippen LogP) is 3.96. The van der Waals surface area contributed by atoms with Crippen molar-refractivity contribution in [2.24, 2.45) is 5.92 Å². The Kier molecular flexibility index (Phi) is 7.05. The summed E-state index contributed by atoms with van der Waals surface area (Å²) in [4.78, 5) is 12.2. The molecule has 1 N–H and O–H groups in total. The summed E-state index contributed by atoms with van der Waals surface area (Å²) in [6, 6.07) is 6.51. The van der Waals surface area contributed by atoms with Crippen molar-refractivity contribution in [1.82, 2.24) is 15.5 Å². The molecule has 0 aliphatic carbocycles. The van der Waals surface area contributed by atoms with Crippen molar-refractivity contribution in [3.63, 3.8) is 0 Å². The summed E-state index contributed by atoms with van der Waals surface area (Å²) in [5, 5.41) is 9.86. The molecule has 0 saturated carbocycles. The largest absolute Gasteiger partial charge is 0.444 e. The van der Waals surface area contributed by atoms with Crippen molar-refractivity contribution in [2.45, 2.75) is 70.6 Å². The van der Waals surface area contributed by atoms with Crippen LogP contribution in [0.2, 0.25) is 0 Å². The molecule has 0 aliphatic heterocycles. The van der Waals surface area contributed by atoms with E-state index in [2.05, 4.69) is 15.5 Å². The van der Waals surface area contributed by atoms with Gasteiger partial charge in [0.05, 0.1) is 5.75 Å². The number of hydrogen-bond donors (Lipinski definition) is 1. The molecule has 0 radical (unpaired) electrons. The maximum absolute atomic E-state index is 12.7. The van der Waals surface area contributed by atoms with Gasteiger partial charge in [0, 0.05) is 0 Å². The number of amides is 1. The number of ether oxygens (including phenoxy) is 1. The molecule has 2 rings (SSSR count). The number of carbonyl (C=O) groups is 1. The van der Waals surface area contributed by atoms with E-state index < -0.39 is 32.8 Å². The van der Waals surface area contributed by atoms with Crippen LogP contribution in [-0.2, 0) is 20.3 Å². The molecule has 2 aromatic rings. The van der Waals surface area contributed by atoms with E-state index in [9.17, 15) is 13.2 Å². The highest BCUT2D eigenvalue weighted by molar-refractivity contribution is 7.90. The first-order valence-corrected chi connectivity index (χ1v) is 11.2. The minimum absolute atomic E-state index is 0.0349. The first-order valence-electron chi connectivity index (χ1n) is 9.52. The van der Waals surface area contributed by atoms with Gasteiger partial charge in [-0.1, -0.05) is 55.2 Å². The summed E-state index contributed by atoms with van der Waals surface area (Å²) >= 11 is 0. The van der Waals surface area contributed by atoms with Gasteiger partial charge in [-0.15, -0.1) is 5.10 Å². The minimum Gasteiger partial charge on any atom is -0.444 e. The fourth-order valence-corrected chi connectivity index (χ4v) is 3.69. The summed E-state index contributed by atoms with van der Waals surface area (Å²) in [7, 11) is -3.81. The lowest BCUT2D eigenvalue weighted by Crippen LogP contribution is -2.37. The molecular weight excluding hydrogens is 394 g/mol. The molecule has 1 aromatic heterocycles. The van der Waals surface area contributed by atoms with E-state index in [0.717, 1.165) is 5.56 Å². The van der Waals surface area contributed by atoms with Crippen LogP contribution in [0.25, 0.3) is 0 Å². The Balaban J connectivity index is 2.22. The molecule has 160 valence electrons. The second-order valence-corrected chi connectivity index (χ2v) is 10.0. The number of alkyl carbamates (subject to hydrolysis) is 1. The van der Waals surface area contributed by atoms with Gasteiger partial charge < -0.3 is 14.5 Å². The molecule has 0 spiro atoms. The molecule has 29 heavy (non-hydrogen) atoms. The lowest BCUT2D eigenvalue weighted by molar-refractivity contribution is 0.0473. The maximum atomic E-state index is 12.7. The van der Waals surface area contributed by atoms with Gasteiger partial charge in [-0.2, -0.15) is 0 Å². The first kappa shape index (κ1) is 22.9. The Labute approximate surface area is 172 Å². The summed E-state index contributed by atoms with van der Waals surface area (Å²) in [6.45, 7) is 11.0. The molecule has 0 bridgehead atoms. The van der Waals surface area contributed by atoms with Crippen molar-refractivity contribution >= 4 is 15.9 Å². The van der Waals surface area contributed by atoms with Crippen LogP contribution in [-0.4, -0.2) is 30.3 Å². The van der Waals surface area contributed by atoms with Crippen LogP contribution in [0.4, 0.5) is 4.79 Å². The van der Waals surface area contributed by atoms with Gasteiger partial charge in [0.15, 0.2) is 0 Å². The smallest absolute Gasteiger partial charge is 0.408 e. The summed E-state index contributed by atoms with van der Waals surface area (Å²) < 4.78 is 36.1. The molecule has 0 saturated heterocycles. The zero-order valence-electron chi connectivity index (χ0n) is 17.7. The van der Waals surface area contributed by atoms with Crippen LogP contribution in [0.3, 0.4) is 0 Å². The highest BCUT2D eigenvalue weighted by Crippen LogP contribution is 2.26. The Morgan fingerprint density at radius 2 is 1.83 bits per heavy atom. The van der Waals surface area contributed by atoms with E-state index in [-0.39, 0.29) is 17.6 Å². The van der Waals surface area contributed by atoms with Crippen LogP contribution in [0.15, 0.2) is 33.9 Å². The van der Waals surface area contributed by atoms with E-state index in [0.29, 0.717) is 12.0 Å². The maximum Gasteiger partial charge on any atom is 0.408 e. The highest BCUT2D eigenvalue weighted by Gasteiger charge is 2.31. The van der Waals surface area contributed by atoms with Crippen molar-refractivity contribution in [3.05, 3.63) is 41.3 Å². The topological polar surface area (TPSA) is 111 Å². The molecule has 0 fully saturated rings.